The minimum atomic E-state index is -0.348. The standard InChI is InChI=1S/C12H14ClN3O2/c1-15-10(7-11(17)16(2)12(15)18)14-9-5-3-4-8(13)6-9/h3-6,10,14H,7H2,1-2H3. The molecule has 0 aliphatic carbocycles. The SMILES string of the molecule is CN1C(=O)CC(Nc2cccc(Cl)c2)N(C)C1=O. The summed E-state index contributed by atoms with van der Waals surface area (Å²) in [4.78, 5) is 26.0. The second-order valence-electron chi connectivity index (χ2n) is 4.22. The molecule has 1 aliphatic heterocycles. The van der Waals surface area contributed by atoms with Gasteiger partial charge in [0.25, 0.3) is 0 Å². The fourth-order valence-corrected chi connectivity index (χ4v) is 2.02. The molecule has 18 heavy (non-hydrogen) atoms. The van der Waals surface area contributed by atoms with Crippen molar-refractivity contribution in [3.05, 3.63) is 29.3 Å². The molecule has 1 fully saturated rings. The van der Waals surface area contributed by atoms with E-state index in [0.717, 1.165) is 10.6 Å². The zero-order valence-electron chi connectivity index (χ0n) is 10.2. The van der Waals surface area contributed by atoms with Crippen molar-refractivity contribution < 1.29 is 9.59 Å². The maximum Gasteiger partial charge on any atom is 0.327 e. The van der Waals surface area contributed by atoms with E-state index in [9.17, 15) is 9.59 Å². The van der Waals surface area contributed by atoms with E-state index in [1.54, 1.807) is 19.2 Å². The first-order valence-corrected chi connectivity index (χ1v) is 5.92. The predicted octanol–water partition coefficient (Wildman–Crippen LogP) is 1.99. The Kier molecular flexibility index (Phi) is 3.43. The van der Waals surface area contributed by atoms with Crippen molar-refractivity contribution in [1.29, 1.82) is 0 Å². The summed E-state index contributed by atoms with van der Waals surface area (Å²) in [6.45, 7) is 0. The van der Waals surface area contributed by atoms with Gasteiger partial charge < -0.3 is 10.2 Å². The van der Waals surface area contributed by atoms with Crippen molar-refractivity contribution >= 4 is 29.2 Å². The molecule has 1 aromatic carbocycles. The van der Waals surface area contributed by atoms with Crippen LogP contribution in [0.4, 0.5) is 10.5 Å². The number of anilines is 1. The summed E-state index contributed by atoms with van der Waals surface area (Å²) < 4.78 is 0. The van der Waals surface area contributed by atoms with Gasteiger partial charge in [-0.1, -0.05) is 17.7 Å². The summed E-state index contributed by atoms with van der Waals surface area (Å²) in [7, 11) is 3.14. The second kappa shape index (κ2) is 4.86. The summed E-state index contributed by atoms with van der Waals surface area (Å²) in [6.07, 6.45) is -0.106. The summed E-state index contributed by atoms with van der Waals surface area (Å²) in [5.74, 6) is -0.197. The highest BCUT2D eigenvalue weighted by Gasteiger charge is 2.34. The van der Waals surface area contributed by atoms with E-state index in [4.69, 9.17) is 11.6 Å². The molecule has 0 bridgehead atoms. The van der Waals surface area contributed by atoms with Crippen LogP contribution in [-0.2, 0) is 4.79 Å². The Labute approximate surface area is 110 Å². The quantitative estimate of drug-likeness (QED) is 0.892. The Balaban J connectivity index is 2.14. The van der Waals surface area contributed by atoms with E-state index in [0.29, 0.717) is 5.02 Å². The Morgan fingerprint density at radius 3 is 2.72 bits per heavy atom. The molecule has 1 aromatic rings. The zero-order chi connectivity index (χ0) is 13.3. The van der Waals surface area contributed by atoms with Gasteiger partial charge in [-0.25, -0.2) is 4.79 Å². The second-order valence-corrected chi connectivity index (χ2v) is 4.66. The number of imide groups is 1. The number of benzene rings is 1. The Hall–Kier alpha value is -1.75. The monoisotopic (exact) mass is 267 g/mol. The molecule has 0 radical (unpaired) electrons. The Bertz CT molecular complexity index is 492. The summed E-state index contributed by atoms with van der Waals surface area (Å²) in [6, 6.07) is 6.85. The first kappa shape index (κ1) is 12.7. The van der Waals surface area contributed by atoms with Crippen LogP contribution in [0.15, 0.2) is 24.3 Å². The van der Waals surface area contributed by atoms with Gasteiger partial charge in [0.05, 0.1) is 6.42 Å². The third-order valence-electron chi connectivity index (χ3n) is 2.96. The number of halogens is 1. The zero-order valence-corrected chi connectivity index (χ0v) is 10.9. The molecule has 2 rings (SSSR count). The van der Waals surface area contributed by atoms with Crippen LogP contribution in [0.1, 0.15) is 6.42 Å². The highest BCUT2D eigenvalue weighted by molar-refractivity contribution is 6.30. The van der Waals surface area contributed by atoms with Crippen LogP contribution >= 0.6 is 11.6 Å². The van der Waals surface area contributed by atoms with Crippen LogP contribution in [0, 0.1) is 0 Å². The van der Waals surface area contributed by atoms with Gasteiger partial charge in [-0.2, -0.15) is 0 Å². The minimum Gasteiger partial charge on any atom is -0.365 e. The minimum absolute atomic E-state index is 0.197. The molecular weight excluding hydrogens is 254 g/mol. The van der Waals surface area contributed by atoms with Gasteiger partial charge in [-0.15, -0.1) is 0 Å². The fourth-order valence-electron chi connectivity index (χ4n) is 1.83. The molecule has 1 N–H and O–H groups in total. The molecule has 1 atom stereocenters. The molecular formula is C12H14ClN3O2. The van der Waals surface area contributed by atoms with Crippen molar-refractivity contribution in [3.63, 3.8) is 0 Å². The fraction of sp³-hybridized carbons (Fsp3) is 0.333. The summed E-state index contributed by atoms with van der Waals surface area (Å²) in [5.41, 5.74) is 0.782. The van der Waals surface area contributed by atoms with Crippen LogP contribution in [0.25, 0.3) is 0 Å². The summed E-state index contributed by atoms with van der Waals surface area (Å²) in [5, 5.41) is 3.73. The first-order chi connectivity index (χ1) is 8.49. The topological polar surface area (TPSA) is 52.7 Å². The average molecular weight is 268 g/mol. The third kappa shape index (κ3) is 2.41. The van der Waals surface area contributed by atoms with Crippen molar-refractivity contribution in [2.24, 2.45) is 0 Å². The predicted molar refractivity (Wildman–Crippen MR) is 69.4 cm³/mol. The van der Waals surface area contributed by atoms with Gasteiger partial charge in [0.1, 0.15) is 6.17 Å². The number of rotatable bonds is 2. The number of hydrogen-bond acceptors (Lipinski definition) is 3. The van der Waals surface area contributed by atoms with Crippen LogP contribution < -0.4 is 5.32 Å². The van der Waals surface area contributed by atoms with Crippen molar-refractivity contribution in [1.82, 2.24) is 9.80 Å². The van der Waals surface area contributed by atoms with Crippen LogP contribution in [0.2, 0.25) is 5.02 Å². The first-order valence-electron chi connectivity index (χ1n) is 5.54. The maximum atomic E-state index is 11.8. The third-order valence-corrected chi connectivity index (χ3v) is 3.19. The molecule has 96 valence electrons. The molecule has 1 heterocycles. The molecule has 0 aromatic heterocycles. The molecule has 3 amide bonds. The molecule has 0 saturated carbocycles. The van der Waals surface area contributed by atoms with Gasteiger partial charge in [-0.05, 0) is 18.2 Å². The molecule has 1 unspecified atom stereocenters. The number of amides is 3. The van der Waals surface area contributed by atoms with Gasteiger partial charge in [0.2, 0.25) is 5.91 Å². The number of carbonyl (C=O) groups excluding carboxylic acids is 2. The maximum absolute atomic E-state index is 11.8. The molecule has 6 heteroatoms. The van der Waals surface area contributed by atoms with Gasteiger partial charge in [0, 0.05) is 24.8 Å². The van der Waals surface area contributed by atoms with Crippen molar-refractivity contribution in [3.8, 4) is 0 Å². The van der Waals surface area contributed by atoms with E-state index < -0.39 is 0 Å². The lowest BCUT2D eigenvalue weighted by Gasteiger charge is -2.37. The largest absolute Gasteiger partial charge is 0.365 e. The van der Waals surface area contributed by atoms with Crippen molar-refractivity contribution in [2.45, 2.75) is 12.6 Å². The van der Waals surface area contributed by atoms with E-state index in [1.807, 2.05) is 12.1 Å². The number of hydrogen-bond donors (Lipinski definition) is 1. The van der Waals surface area contributed by atoms with E-state index in [-0.39, 0.29) is 24.5 Å². The van der Waals surface area contributed by atoms with Gasteiger partial charge in [0.15, 0.2) is 0 Å². The Morgan fingerprint density at radius 2 is 2.06 bits per heavy atom. The number of nitrogens with zero attached hydrogens (tertiary/aromatic N) is 2. The van der Waals surface area contributed by atoms with E-state index >= 15 is 0 Å². The van der Waals surface area contributed by atoms with Crippen molar-refractivity contribution in [2.75, 3.05) is 19.4 Å². The number of carbonyl (C=O) groups is 2. The van der Waals surface area contributed by atoms with Crippen LogP contribution in [0.3, 0.4) is 0 Å². The highest BCUT2D eigenvalue weighted by Crippen LogP contribution is 2.20. The van der Waals surface area contributed by atoms with Gasteiger partial charge in [-0.3, -0.25) is 9.69 Å². The van der Waals surface area contributed by atoms with Crippen LogP contribution in [0.5, 0.6) is 0 Å². The molecule has 1 aliphatic rings. The number of urea groups is 1. The average Bonchev–Trinajstić information content (AvgIpc) is 2.33. The molecule has 0 spiro atoms. The molecule has 1 saturated heterocycles. The summed E-state index contributed by atoms with van der Waals surface area (Å²) >= 11 is 5.88. The highest BCUT2D eigenvalue weighted by atomic mass is 35.5. The number of nitrogens with one attached hydrogen (secondary N) is 1. The lowest BCUT2D eigenvalue weighted by Crippen LogP contribution is -2.56. The Morgan fingerprint density at radius 1 is 1.33 bits per heavy atom. The van der Waals surface area contributed by atoms with E-state index in [1.165, 1.54) is 11.9 Å². The molecule has 5 nitrogen and oxygen atoms in total. The lowest BCUT2D eigenvalue weighted by atomic mass is 10.2. The van der Waals surface area contributed by atoms with E-state index in [2.05, 4.69) is 5.32 Å². The normalized spacial score (nSPS) is 20.3. The smallest absolute Gasteiger partial charge is 0.327 e. The van der Waals surface area contributed by atoms with Crippen LogP contribution in [-0.4, -0.2) is 42.0 Å². The lowest BCUT2D eigenvalue weighted by molar-refractivity contribution is -0.130. The van der Waals surface area contributed by atoms with Gasteiger partial charge >= 0.3 is 6.03 Å².